The lowest BCUT2D eigenvalue weighted by molar-refractivity contribution is 0.118. The Morgan fingerprint density at radius 2 is 2.12 bits per heavy atom. The van der Waals surface area contributed by atoms with E-state index in [4.69, 9.17) is 4.74 Å². The van der Waals surface area contributed by atoms with Gasteiger partial charge >= 0.3 is 0 Å². The summed E-state index contributed by atoms with van der Waals surface area (Å²) in [7, 11) is 0. The fourth-order valence-electron chi connectivity index (χ4n) is 1.29. The molecule has 0 aliphatic heterocycles. The highest BCUT2D eigenvalue weighted by molar-refractivity contribution is 9.10. The number of halogens is 1. The zero-order valence-electron chi connectivity index (χ0n) is 10.2. The highest BCUT2D eigenvalue weighted by atomic mass is 79.9. The van der Waals surface area contributed by atoms with Crippen LogP contribution in [-0.2, 0) is 4.74 Å². The lowest BCUT2D eigenvalue weighted by Crippen LogP contribution is -2.12. The number of rotatable bonds is 6. The Labute approximate surface area is 107 Å². The van der Waals surface area contributed by atoms with E-state index in [1.807, 2.05) is 0 Å². The van der Waals surface area contributed by atoms with Crippen LogP contribution >= 0.6 is 15.9 Å². The number of aryl methyl sites for hydroxylation is 1. The highest BCUT2D eigenvalue weighted by Gasteiger charge is 1.97. The predicted molar refractivity (Wildman–Crippen MR) is 73.0 cm³/mol. The topological polar surface area (TPSA) is 21.3 Å². The van der Waals surface area contributed by atoms with Gasteiger partial charge < -0.3 is 10.1 Å². The van der Waals surface area contributed by atoms with Crippen molar-refractivity contribution in [3.63, 3.8) is 0 Å². The van der Waals surface area contributed by atoms with Crippen molar-refractivity contribution in [2.24, 2.45) is 5.92 Å². The summed E-state index contributed by atoms with van der Waals surface area (Å²) in [5, 5.41) is 3.33. The van der Waals surface area contributed by atoms with Crippen LogP contribution in [0.15, 0.2) is 22.7 Å². The molecule has 0 fully saturated rings. The molecule has 0 amide bonds. The van der Waals surface area contributed by atoms with Crippen molar-refractivity contribution in [1.82, 2.24) is 0 Å². The summed E-state index contributed by atoms with van der Waals surface area (Å²) in [5.41, 5.74) is 2.38. The minimum absolute atomic E-state index is 0.605. The number of benzene rings is 1. The van der Waals surface area contributed by atoms with Crippen LogP contribution in [0.5, 0.6) is 0 Å². The SMILES string of the molecule is Cc1ccc(NCCOCC(C)C)cc1Br. The fraction of sp³-hybridized carbons (Fsp3) is 0.538. The third-order valence-corrected chi connectivity index (χ3v) is 3.05. The molecular formula is C13H20BrNO. The Morgan fingerprint density at radius 1 is 1.38 bits per heavy atom. The molecule has 0 spiro atoms. The van der Waals surface area contributed by atoms with Crippen LogP contribution in [0.25, 0.3) is 0 Å². The van der Waals surface area contributed by atoms with E-state index in [9.17, 15) is 0 Å². The fourth-order valence-corrected chi connectivity index (χ4v) is 1.67. The Balaban J connectivity index is 2.24. The first-order valence-electron chi connectivity index (χ1n) is 5.67. The van der Waals surface area contributed by atoms with E-state index in [0.29, 0.717) is 5.92 Å². The van der Waals surface area contributed by atoms with Crippen LogP contribution in [-0.4, -0.2) is 19.8 Å². The van der Waals surface area contributed by atoms with Gasteiger partial charge in [0.2, 0.25) is 0 Å². The maximum absolute atomic E-state index is 5.50. The molecule has 16 heavy (non-hydrogen) atoms. The molecule has 1 aromatic carbocycles. The van der Waals surface area contributed by atoms with Crippen LogP contribution in [0.3, 0.4) is 0 Å². The van der Waals surface area contributed by atoms with Gasteiger partial charge in [-0.15, -0.1) is 0 Å². The molecular weight excluding hydrogens is 266 g/mol. The van der Waals surface area contributed by atoms with Gasteiger partial charge in [-0.05, 0) is 30.5 Å². The van der Waals surface area contributed by atoms with Crippen molar-refractivity contribution < 1.29 is 4.74 Å². The molecule has 1 N–H and O–H groups in total. The van der Waals surface area contributed by atoms with Gasteiger partial charge in [0.15, 0.2) is 0 Å². The zero-order chi connectivity index (χ0) is 12.0. The molecule has 0 saturated heterocycles. The Kier molecular flexibility index (Phi) is 5.85. The molecule has 1 aromatic rings. The Morgan fingerprint density at radius 3 is 2.75 bits per heavy atom. The Hall–Kier alpha value is -0.540. The molecule has 0 unspecified atom stereocenters. The summed E-state index contributed by atoms with van der Waals surface area (Å²) in [4.78, 5) is 0. The number of hydrogen-bond acceptors (Lipinski definition) is 2. The molecule has 1 rings (SSSR count). The van der Waals surface area contributed by atoms with Crippen LogP contribution in [0.4, 0.5) is 5.69 Å². The van der Waals surface area contributed by atoms with E-state index in [2.05, 4.69) is 60.2 Å². The highest BCUT2D eigenvalue weighted by Crippen LogP contribution is 2.20. The van der Waals surface area contributed by atoms with Crippen LogP contribution in [0.1, 0.15) is 19.4 Å². The van der Waals surface area contributed by atoms with E-state index in [1.165, 1.54) is 5.56 Å². The van der Waals surface area contributed by atoms with Crippen LogP contribution in [0, 0.1) is 12.8 Å². The van der Waals surface area contributed by atoms with Crippen molar-refractivity contribution in [3.05, 3.63) is 28.2 Å². The third-order valence-electron chi connectivity index (χ3n) is 2.20. The lowest BCUT2D eigenvalue weighted by atomic mass is 10.2. The number of ether oxygens (including phenoxy) is 1. The van der Waals surface area contributed by atoms with Crippen molar-refractivity contribution >= 4 is 21.6 Å². The molecule has 0 heterocycles. The number of nitrogens with one attached hydrogen (secondary N) is 1. The molecule has 0 saturated carbocycles. The molecule has 3 heteroatoms. The summed E-state index contributed by atoms with van der Waals surface area (Å²) < 4.78 is 6.64. The molecule has 0 aliphatic rings. The first-order chi connectivity index (χ1) is 7.59. The monoisotopic (exact) mass is 285 g/mol. The van der Waals surface area contributed by atoms with Gasteiger partial charge in [-0.3, -0.25) is 0 Å². The molecule has 0 atom stereocenters. The molecule has 0 radical (unpaired) electrons. The maximum atomic E-state index is 5.50. The summed E-state index contributed by atoms with van der Waals surface area (Å²) in [5.74, 6) is 0.605. The van der Waals surface area contributed by atoms with Gasteiger partial charge in [0, 0.05) is 23.3 Å². The summed E-state index contributed by atoms with van der Waals surface area (Å²) in [6.45, 7) is 8.83. The molecule has 0 aromatic heterocycles. The largest absolute Gasteiger partial charge is 0.383 e. The van der Waals surface area contributed by atoms with Crippen molar-refractivity contribution in [3.8, 4) is 0 Å². The van der Waals surface area contributed by atoms with E-state index < -0.39 is 0 Å². The van der Waals surface area contributed by atoms with Crippen LogP contribution in [0.2, 0.25) is 0 Å². The zero-order valence-corrected chi connectivity index (χ0v) is 11.8. The Bertz CT molecular complexity index is 326. The second kappa shape index (κ2) is 6.92. The average Bonchev–Trinajstić information content (AvgIpc) is 2.22. The first kappa shape index (κ1) is 13.5. The van der Waals surface area contributed by atoms with E-state index in [0.717, 1.165) is 29.9 Å². The van der Waals surface area contributed by atoms with E-state index in [-0.39, 0.29) is 0 Å². The van der Waals surface area contributed by atoms with E-state index >= 15 is 0 Å². The third kappa shape index (κ3) is 4.99. The second-order valence-corrected chi connectivity index (χ2v) is 5.21. The quantitative estimate of drug-likeness (QED) is 0.802. The standard InChI is InChI=1S/C13H20BrNO/c1-10(2)9-16-7-6-15-12-5-4-11(3)13(14)8-12/h4-5,8,10,15H,6-7,9H2,1-3H3. The predicted octanol–water partition coefficient (Wildman–Crippen LogP) is 3.84. The van der Waals surface area contributed by atoms with Gasteiger partial charge in [-0.2, -0.15) is 0 Å². The van der Waals surface area contributed by atoms with Crippen molar-refractivity contribution in [1.29, 1.82) is 0 Å². The second-order valence-electron chi connectivity index (χ2n) is 4.36. The van der Waals surface area contributed by atoms with Gasteiger partial charge in [0.05, 0.1) is 6.61 Å². The number of hydrogen-bond donors (Lipinski definition) is 1. The summed E-state index contributed by atoms with van der Waals surface area (Å²) >= 11 is 3.52. The number of anilines is 1. The molecule has 0 bridgehead atoms. The molecule has 0 aliphatic carbocycles. The van der Waals surface area contributed by atoms with E-state index in [1.54, 1.807) is 0 Å². The lowest BCUT2D eigenvalue weighted by Gasteiger charge is -2.09. The maximum Gasteiger partial charge on any atom is 0.0639 e. The van der Waals surface area contributed by atoms with Gasteiger partial charge in [0.1, 0.15) is 0 Å². The molecule has 2 nitrogen and oxygen atoms in total. The van der Waals surface area contributed by atoms with Gasteiger partial charge in [0.25, 0.3) is 0 Å². The minimum Gasteiger partial charge on any atom is -0.383 e. The van der Waals surface area contributed by atoms with Gasteiger partial charge in [-0.25, -0.2) is 0 Å². The van der Waals surface area contributed by atoms with Gasteiger partial charge in [-0.1, -0.05) is 35.8 Å². The average molecular weight is 286 g/mol. The smallest absolute Gasteiger partial charge is 0.0639 e. The minimum atomic E-state index is 0.605. The molecule has 90 valence electrons. The first-order valence-corrected chi connectivity index (χ1v) is 6.46. The normalized spacial score (nSPS) is 10.8. The van der Waals surface area contributed by atoms with Crippen LogP contribution < -0.4 is 5.32 Å². The van der Waals surface area contributed by atoms with Crippen molar-refractivity contribution in [2.45, 2.75) is 20.8 Å². The van der Waals surface area contributed by atoms with Crippen molar-refractivity contribution in [2.75, 3.05) is 25.1 Å². The summed E-state index contributed by atoms with van der Waals surface area (Å²) in [6.07, 6.45) is 0. The summed E-state index contributed by atoms with van der Waals surface area (Å²) in [6, 6.07) is 6.28.